The normalized spacial score (nSPS) is 13.9. The molecule has 730 valence electrons. The average Bonchev–Trinajstić information content (AvgIpc) is 1.59. The first kappa shape index (κ1) is 115. The first-order valence-electron chi connectivity index (χ1n) is 45.6. The Bertz CT molecular complexity index is 3170. The molecule has 3 N–H and O–H groups in total. The molecule has 1 amide bonds. The predicted molar refractivity (Wildman–Crippen MR) is 477 cm³/mol. The molecule has 34 nitrogen and oxygen atoms in total. The molecule has 0 saturated carbocycles. The quantitative estimate of drug-likeness (QED) is 0.0348. The monoisotopic (exact) mass is 1820 g/mol. The number of carbonyl (C=O) groups is 2. The van der Waals surface area contributed by atoms with Crippen molar-refractivity contribution >= 4 is 39.1 Å². The van der Waals surface area contributed by atoms with Gasteiger partial charge in [0, 0.05) is 74.0 Å². The molecule has 2 aromatic carbocycles. The Balaban J connectivity index is 0.00000559. The third kappa shape index (κ3) is 58.2. The highest BCUT2D eigenvalue weighted by atomic mass is 32.2. The number of anilines is 1. The van der Waals surface area contributed by atoms with Crippen molar-refractivity contribution in [3.63, 3.8) is 0 Å². The lowest BCUT2D eigenvalue weighted by molar-refractivity contribution is -0.894. The molecular weight excluding hydrogens is 1660 g/mol. The van der Waals surface area contributed by atoms with Gasteiger partial charge in [0.25, 0.3) is 0 Å². The Hall–Kier alpha value is -4.76. The minimum Gasteiger partial charge on any atom is -0.744 e. The van der Waals surface area contributed by atoms with Crippen LogP contribution < -0.4 is 15.1 Å². The Kier molecular flexibility index (Phi) is 72.2. The number of aliphatic carboxylic acids is 1. The van der Waals surface area contributed by atoms with E-state index in [0.717, 1.165) is 60.6 Å². The number of allylic oxidation sites excluding steroid dienone is 4. The van der Waals surface area contributed by atoms with Gasteiger partial charge >= 0.3 is 5.97 Å². The zero-order valence-corrected chi connectivity index (χ0v) is 78.7. The summed E-state index contributed by atoms with van der Waals surface area (Å²) in [6, 6.07) is 11.1. The first-order valence-corrected chi connectivity index (χ1v) is 47.0. The molecule has 0 unspecified atom stereocenters. The van der Waals surface area contributed by atoms with Gasteiger partial charge < -0.3 is 138 Å². The number of carboxylic acids is 1. The number of unbranched alkanes of at least 4 members (excludes halogenated alkanes) is 4. The number of hydrogen-bond acceptors (Lipinski definition) is 30. The van der Waals surface area contributed by atoms with Crippen molar-refractivity contribution in [2.45, 2.75) is 122 Å². The lowest BCUT2D eigenvalue weighted by atomic mass is 9.81. The van der Waals surface area contributed by atoms with Gasteiger partial charge in [0.05, 0.1) is 340 Å². The predicted octanol–water partition coefficient (Wildman–Crippen LogP) is 6.79. The summed E-state index contributed by atoms with van der Waals surface area (Å²) in [6.07, 6.45) is 11.3. The second-order valence-corrected chi connectivity index (χ2v) is 31.6. The van der Waals surface area contributed by atoms with Gasteiger partial charge in [-0.15, -0.1) is 0 Å². The SMILES string of the molecule is CC[NH+](CC)CC.COCCOCCOCCOCCOCCOCCOCCOCCOCCOCCOCCOCCOCCOCCOCCOCCOCCOCCOCCOCCOCCOCCOCCOCCNC(=O)CCCCC[N+]1=C(C=CC=C2N(CCCCCC(=O)O)c3ccc(C)cc3C2(C)C)C(C)(C)c2cc(S(=O)(=O)[O-])ccc21. The van der Waals surface area contributed by atoms with E-state index in [9.17, 15) is 27.7 Å². The van der Waals surface area contributed by atoms with Gasteiger partial charge in [0.15, 0.2) is 5.71 Å². The van der Waals surface area contributed by atoms with Crippen LogP contribution in [0.3, 0.4) is 0 Å². The largest absolute Gasteiger partial charge is 0.744 e. The molecule has 0 saturated heterocycles. The van der Waals surface area contributed by atoms with Gasteiger partial charge in [-0.05, 0) is 97.1 Å². The van der Waals surface area contributed by atoms with Crippen molar-refractivity contribution in [1.29, 1.82) is 0 Å². The van der Waals surface area contributed by atoms with Crippen LogP contribution in [0.15, 0.2) is 65.2 Å². The highest BCUT2D eigenvalue weighted by molar-refractivity contribution is 7.85. The van der Waals surface area contributed by atoms with E-state index in [1.807, 2.05) is 13.8 Å². The molecular formula is C91H161N4O30S+. The summed E-state index contributed by atoms with van der Waals surface area (Å²) in [6.45, 7) is 45.1. The number of fused-ring (bicyclic) bond motifs is 2. The number of ether oxygens (including phenoxy) is 24. The molecule has 0 aliphatic carbocycles. The van der Waals surface area contributed by atoms with Crippen molar-refractivity contribution in [2.24, 2.45) is 0 Å². The number of quaternary nitrogens is 1. The molecule has 2 aromatic rings. The van der Waals surface area contributed by atoms with Crippen LogP contribution in [0, 0.1) is 6.92 Å². The maximum Gasteiger partial charge on any atom is 0.303 e. The average molecular weight is 1820 g/mol. The second-order valence-electron chi connectivity index (χ2n) is 30.3. The Morgan fingerprint density at radius 3 is 1.06 bits per heavy atom. The Labute approximate surface area is 753 Å². The van der Waals surface area contributed by atoms with Gasteiger partial charge in [0.2, 0.25) is 11.6 Å². The topological polar surface area (TPSA) is 356 Å². The maximum absolute atomic E-state index is 12.7. The van der Waals surface area contributed by atoms with Crippen LogP contribution in [0.5, 0.6) is 0 Å². The summed E-state index contributed by atoms with van der Waals surface area (Å²) in [5.74, 6) is -0.833. The number of benzene rings is 2. The van der Waals surface area contributed by atoms with Crippen LogP contribution in [0.2, 0.25) is 0 Å². The third-order valence-corrected chi connectivity index (χ3v) is 20.8. The maximum atomic E-state index is 12.7. The second kappa shape index (κ2) is 78.9. The van der Waals surface area contributed by atoms with E-state index in [1.54, 1.807) is 18.1 Å². The number of carboxylic acid groups (broad SMARTS) is 1. The van der Waals surface area contributed by atoms with Gasteiger partial charge in [-0.25, -0.2) is 8.42 Å². The molecule has 0 spiro atoms. The first-order chi connectivity index (χ1) is 61.4. The van der Waals surface area contributed by atoms with E-state index in [0.29, 0.717) is 343 Å². The van der Waals surface area contributed by atoms with Crippen LogP contribution in [-0.2, 0) is 144 Å². The minimum atomic E-state index is -4.68. The van der Waals surface area contributed by atoms with Gasteiger partial charge in [-0.2, -0.15) is 4.58 Å². The molecule has 0 fully saturated rings. The number of carbonyl (C=O) groups excluding carboxylic acids is 1. The number of nitrogens with one attached hydrogen (secondary N) is 2. The summed E-state index contributed by atoms with van der Waals surface area (Å²) >= 11 is 0. The zero-order valence-electron chi connectivity index (χ0n) is 77.9. The summed E-state index contributed by atoms with van der Waals surface area (Å²) in [7, 11) is -3.04. The highest BCUT2D eigenvalue weighted by Crippen LogP contribution is 2.48. The van der Waals surface area contributed by atoms with Crippen LogP contribution in [0.25, 0.3) is 0 Å². The fourth-order valence-electron chi connectivity index (χ4n) is 13.0. The summed E-state index contributed by atoms with van der Waals surface area (Å²) in [5, 5.41) is 12.1. The summed E-state index contributed by atoms with van der Waals surface area (Å²) in [5.41, 5.74) is 6.32. The van der Waals surface area contributed by atoms with Gasteiger partial charge in [-0.3, -0.25) is 9.59 Å². The van der Waals surface area contributed by atoms with Crippen LogP contribution in [0.4, 0.5) is 11.4 Å². The van der Waals surface area contributed by atoms with Crippen molar-refractivity contribution in [3.8, 4) is 0 Å². The van der Waals surface area contributed by atoms with Gasteiger partial charge in [-0.1, -0.05) is 44.0 Å². The molecule has 4 rings (SSSR count). The Morgan fingerprint density at radius 2 is 0.746 bits per heavy atom. The number of aryl methyl sites for hydroxylation is 1. The van der Waals surface area contributed by atoms with Crippen molar-refractivity contribution in [2.75, 3.05) is 362 Å². The van der Waals surface area contributed by atoms with E-state index in [-0.39, 0.29) is 22.6 Å². The summed E-state index contributed by atoms with van der Waals surface area (Å²) in [4.78, 5) is 27.7. The van der Waals surface area contributed by atoms with Crippen molar-refractivity contribution in [1.82, 2.24) is 5.32 Å². The molecule has 2 aliphatic rings. The van der Waals surface area contributed by atoms with Crippen molar-refractivity contribution < 1.29 is 151 Å². The standard InChI is InChI=1S/C85H145N3O30S.C6H15N/c1-74-18-20-78-76(72-74)84(2,3)80(87(78)24-12-8-10-17-83(90)91)14-13-15-81-85(4,5)77-73-75(119(92,93)94)19-21-79(77)88(81)23-11-7-9-16-82(89)86-22-25-96-28-29-98-32-33-100-36-37-102-40-41-104-44-45-106-48-49-108-52-53-110-56-57-112-60-61-114-64-65-116-68-69-118-71-70-117-67-66-115-63-62-113-59-58-111-55-54-109-51-50-107-47-46-105-43-42-103-39-38-101-35-34-99-31-30-97-27-26-95-6;1-4-7(5-2)6-3/h13-15,18-21,72-73H,7-12,16-17,22-71H2,1-6H3,(H2-,86,89,90,91,92,93,94);4-6H2,1-3H3/p+1. The molecule has 126 heavy (non-hydrogen) atoms. The molecule has 2 aliphatic heterocycles. The Morgan fingerprint density at radius 1 is 0.421 bits per heavy atom. The molecule has 35 heteroatoms. The fourth-order valence-corrected chi connectivity index (χ4v) is 13.4. The zero-order chi connectivity index (χ0) is 91.2. The van der Waals surface area contributed by atoms with Crippen LogP contribution in [0.1, 0.15) is 117 Å². The van der Waals surface area contributed by atoms with E-state index in [2.05, 4.69) is 92.8 Å². The van der Waals surface area contributed by atoms with E-state index < -0.39 is 21.5 Å². The smallest absolute Gasteiger partial charge is 0.303 e. The number of hydrogen-bond donors (Lipinski definition) is 3. The van der Waals surface area contributed by atoms with Crippen LogP contribution in [-0.4, -0.2) is 397 Å². The highest BCUT2D eigenvalue weighted by Gasteiger charge is 2.45. The molecule has 0 aromatic heterocycles. The van der Waals surface area contributed by atoms with Gasteiger partial charge in [0.1, 0.15) is 16.7 Å². The fraction of sp³-hybridized carbons (Fsp3) is 0.791. The molecule has 2 heterocycles. The van der Waals surface area contributed by atoms with Crippen molar-refractivity contribution in [3.05, 3.63) is 77.0 Å². The van der Waals surface area contributed by atoms with Crippen LogP contribution >= 0.6 is 0 Å². The van der Waals surface area contributed by atoms with E-state index >= 15 is 0 Å². The number of rotatable bonds is 90. The van der Waals surface area contributed by atoms with E-state index in [4.69, 9.17) is 114 Å². The molecule has 0 radical (unpaired) electrons. The number of methoxy groups -OCH3 is 1. The third-order valence-electron chi connectivity index (χ3n) is 19.9. The molecule has 0 atom stereocenters. The number of amides is 1. The summed E-state index contributed by atoms with van der Waals surface area (Å²) < 4.78 is 171. The number of nitrogens with zero attached hydrogens (tertiary/aromatic N) is 2. The molecule has 0 bridgehead atoms. The minimum absolute atomic E-state index is 0.0495. The van der Waals surface area contributed by atoms with E-state index in [1.165, 1.54) is 42.9 Å². The lowest BCUT2D eigenvalue weighted by Gasteiger charge is -2.27. The lowest BCUT2D eigenvalue weighted by Crippen LogP contribution is -3.11.